The van der Waals surface area contributed by atoms with Crippen LogP contribution >= 0.6 is 0 Å². The van der Waals surface area contributed by atoms with E-state index in [1.165, 1.54) is 20.8 Å². The Balaban J connectivity index is 2.76. The van der Waals surface area contributed by atoms with Gasteiger partial charge < -0.3 is 47.0 Å². The molecule has 0 aliphatic carbocycles. The molecule has 2 saturated heterocycles. The van der Waals surface area contributed by atoms with Crippen molar-refractivity contribution >= 4 is 42.8 Å². The van der Waals surface area contributed by atoms with Crippen molar-refractivity contribution in [2.45, 2.75) is 206 Å². The second-order valence-corrected chi connectivity index (χ2v) is 33.8. The summed E-state index contributed by atoms with van der Waals surface area (Å²) in [5.41, 5.74) is 0. The van der Waals surface area contributed by atoms with Crippen LogP contribution in [-0.4, -0.2) is 117 Å². The minimum absolute atomic E-state index is 0.0902. The largest absolute Gasteiger partial charge is 0.456 e. The maximum atomic E-state index is 12.5. The number of carbonyl (C=O) groups excluding carboxylic acids is 3. The van der Waals surface area contributed by atoms with Crippen molar-refractivity contribution in [3.63, 3.8) is 0 Å². The molecule has 2 aliphatic heterocycles. The van der Waals surface area contributed by atoms with Crippen LogP contribution in [0.25, 0.3) is 0 Å². The monoisotopic (exact) mass is 831 g/mol. The predicted molar refractivity (Wildman–Crippen MR) is 219 cm³/mol. The zero-order valence-corrected chi connectivity index (χ0v) is 40.2. The summed E-state index contributed by atoms with van der Waals surface area (Å²) in [5, 5.41) is 2.32. The van der Waals surface area contributed by atoms with Crippen molar-refractivity contribution in [3.05, 3.63) is 0 Å². The van der Waals surface area contributed by atoms with E-state index >= 15 is 0 Å². The van der Waals surface area contributed by atoms with Crippen molar-refractivity contribution in [3.8, 4) is 12.3 Å². The molecule has 2 heterocycles. The van der Waals surface area contributed by atoms with Gasteiger partial charge in [-0.1, -0.05) is 68.2 Å². The maximum Gasteiger partial charge on any atom is 0.303 e. The molecular formula is C39H73NO12Si3. The van der Waals surface area contributed by atoms with E-state index in [4.69, 9.17) is 48.1 Å². The zero-order valence-electron chi connectivity index (χ0n) is 37.2. The number of esters is 2. The highest BCUT2D eigenvalue weighted by Crippen LogP contribution is 2.46. The number of terminal acetylenes is 1. The van der Waals surface area contributed by atoms with Crippen LogP contribution < -0.4 is 5.32 Å². The Labute approximate surface area is 334 Å². The van der Waals surface area contributed by atoms with Crippen LogP contribution in [-0.2, 0) is 56.1 Å². The van der Waals surface area contributed by atoms with Gasteiger partial charge in [0.2, 0.25) is 5.91 Å². The summed E-state index contributed by atoms with van der Waals surface area (Å²) in [5.74, 6) is 0.629. The Kier molecular flexibility index (Phi) is 16.7. The zero-order chi connectivity index (χ0) is 42.7. The lowest BCUT2D eigenvalue weighted by Crippen LogP contribution is -2.68. The topological polar surface area (TPSA) is 146 Å². The Bertz CT molecular complexity index is 1360. The van der Waals surface area contributed by atoms with Crippen molar-refractivity contribution < 1.29 is 56.1 Å². The molecule has 10 atom stereocenters. The Hall–Kier alpha value is -1.66. The molecule has 0 aromatic carbocycles. The molecular weight excluding hydrogens is 759 g/mol. The van der Waals surface area contributed by atoms with Crippen LogP contribution in [0.4, 0.5) is 0 Å². The highest BCUT2D eigenvalue weighted by atomic mass is 28.4. The molecule has 2 fully saturated rings. The van der Waals surface area contributed by atoms with Crippen LogP contribution in [0.5, 0.6) is 0 Å². The van der Waals surface area contributed by atoms with E-state index in [2.05, 4.69) is 113 Å². The summed E-state index contributed by atoms with van der Waals surface area (Å²) in [6.07, 6.45) is -2.39. The summed E-state index contributed by atoms with van der Waals surface area (Å²) in [4.78, 5) is 37.3. The number of hydrogen-bond donors (Lipinski definition) is 1. The summed E-state index contributed by atoms with van der Waals surface area (Å²) in [6, 6.07) is -1.06. The second-order valence-electron chi connectivity index (χ2n) is 19.5. The molecule has 0 aromatic rings. The average Bonchev–Trinajstić information content (AvgIpc) is 2.98. The molecule has 2 rings (SSSR count). The molecule has 0 unspecified atom stereocenters. The molecule has 2 aliphatic rings. The lowest BCUT2D eigenvalue weighted by Gasteiger charge is -2.54. The van der Waals surface area contributed by atoms with Gasteiger partial charge >= 0.3 is 11.9 Å². The Morgan fingerprint density at radius 3 is 1.49 bits per heavy atom. The Morgan fingerprint density at radius 2 is 1.07 bits per heavy atom. The van der Waals surface area contributed by atoms with Gasteiger partial charge in [0.25, 0.3) is 0 Å². The van der Waals surface area contributed by atoms with Gasteiger partial charge in [-0.2, -0.15) is 0 Å². The number of hydrogen-bond acceptors (Lipinski definition) is 12. The number of nitrogens with one attached hydrogen (secondary N) is 1. The normalized spacial score (nSPS) is 29.9. The number of ether oxygens (including phenoxy) is 6. The third-order valence-electron chi connectivity index (χ3n) is 11.8. The van der Waals surface area contributed by atoms with Crippen LogP contribution in [0.15, 0.2) is 0 Å². The van der Waals surface area contributed by atoms with Gasteiger partial charge in [0.15, 0.2) is 49.7 Å². The average molecular weight is 832 g/mol. The van der Waals surface area contributed by atoms with E-state index in [0.717, 1.165) is 0 Å². The van der Waals surface area contributed by atoms with Crippen molar-refractivity contribution in [1.29, 1.82) is 0 Å². The van der Waals surface area contributed by atoms with Crippen LogP contribution in [0, 0.1) is 12.3 Å². The van der Waals surface area contributed by atoms with Gasteiger partial charge in [-0.25, -0.2) is 0 Å². The van der Waals surface area contributed by atoms with E-state index in [-0.39, 0.29) is 28.3 Å². The standard InChI is InChI=1S/C39H73NO12Si3/c1-21-22-44-35-29(40-25(3)41)32(48-27(5)43)31(47-26(4)42)28(49-35)23-45-36-34(52-55(19,20)39(12,13)14)33(51-54(17,18)38(9,10)11)30(24(2)46-36)50-53(15,16)37(6,7)8/h1,24,28-36H,22-23H2,2-20H3,(H,40,41)/t24-,28+,29+,30+,31+,32+,33+,34-,35+,36+/m0/s1. The molecule has 0 saturated carbocycles. The molecule has 16 heteroatoms. The summed E-state index contributed by atoms with van der Waals surface area (Å²) < 4.78 is 59.0. The third-order valence-corrected chi connectivity index (χ3v) is 25.2. The fraction of sp³-hybridized carbons (Fsp3) is 0.872. The Morgan fingerprint density at radius 1 is 0.636 bits per heavy atom. The first kappa shape index (κ1) is 49.5. The van der Waals surface area contributed by atoms with Crippen LogP contribution in [0.3, 0.4) is 0 Å². The van der Waals surface area contributed by atoms with Gasteiger partial charge in [-0.15, -0.1) is 6.42 Å². The molecule has 0 radical (unpaired) electrons. The fourth-order valence-corrected chi connectivity index (χ4v) is 9.57. The molecule has 0 aromatic heterocycles. The highest BCUT2D eigenvalue weighted by Gasteiger charge is 2.57. The van der Waals surface area contributed by atoms with Gasteiger partial charge in [-0.3, -0.25) is 14.4 Å². The molecule has 55 heavy (non-hydrogen) atoms. The molecule has 13 nitrogen and oxygen atoms in total. The quantitative estimate of drug-likeness (QED) is 0.114. The summed E-state index contributed by atoms with van der Waals surface area (Å²) in [7, 11) is -7.37. The van der Waals surface area contributed by atoms with Crippen LogP contribution in [0.1, 0.15) is 90.0 Å². The van der Waals surface area contributed by atoms with Gasteiger partial charge in [-0.05, 0) is 61.3 Å². The second kappa shape index (κ2) is 18.5. The summed E-state index contributed by atoms with van der Waals surface area (Å²) in [6.45, 7) is 38.3. The van der Waals surface area contributed by atoms with Crippen molar-refractivity contribution in [2.24, 2.45) is 0 Å². The van der Waals surface area contributed by atoms with Gasteiger partial charge in [0, 0.05) is 20.8 Å². The first-order chi connectivity index (χ1) is 24.8. The third kappa shape index (κ3) is 12.9. The minimum atomic E-state index is -2.53. The molecule has 1 N–H and O–H groups in total. The lowest BCUT2D eigenvalue weighted by molar-refractivity contribution is -0.312. The van der Waals surface area contributed by atoms with E-state index in [1.807, 2.05) is 6.92 Å². The van der Waals surface area contributed by atoms with E-state index < -0.39 is 104 Å². The lowest BCUT2D eigenvalue weighted by atomic mass is 9.96. The summed E-state index contributed by atoms with van der Waals surface area (Å²) >= 11 is 0. The van der Waals surface area contributed by atoms with E-state index in [1.54, 1.807) is 0 Å². The minimum Gasteiger partial charge on any atom is -0.456 e. The number of rotatable bonds is 14. The highest BCUT2D eigenvalue weighted by molar-refractivity contribution is 6.75. The first-order valence-corrected chi connectivity index (χ1v) is 28.1. The van der Waals surface area contributed by atoms with Crippen molar-refractivity contribution in [1.82, 2.24) is 5.32 Å². The molecule has 0 bridgehead atoms. The molecule has 318 valence electrons. The maximum absolute atomic E-state index is 12.5. The van der Waals surface area contributed by atoms with E-state index in [9.17, 15) is 14.4 Å². The number of amides is 1. The number of carbonyl (C=O) groups is 3. The molecule has 0 spiro atoms. The van der Waals surface area contributed by atoms with Crippen LogP contribution in [0.2, 0.25) is 54.4 Å². The van der Waals surface area contributed by atoms with E-state index in [0.29, 0.717) is 0 Å². The smallest absolute Gasteiger partial charge is 0.303 e. The van der Waals surface area contributed by atoms with Gasteiger partial charge in [0.05, 0.1) is 18.8 Å². The SMILES string of the molecule is C#CCO[C@@H]1O[C@H](CO[C@@H]2O[C@@H](C)[C@@H](O[Si](C)(C)C(C)(C)C)[C@@H](O[Si](C)(C)C(C)(C)C)[C@@H]2O[Si](C)(C)C(C)(C)C)[C@@H](OC(C)=O)[C@H](OC(C)=O)[C@H]1NC(C)=O. The predicted octanol–water partition coefficient (Wildman–Crippen LogP) is 6.66. The first-order valence-electron chi connectivity index (χ1n) is 19.4. The molecule has 1 amide bonds. The van der Waals surface area contributed by atoms with Crippen molar-refractivity contribution in [2.75, 3.05) is 13.2 Å². The van der Waals surface area contributed by atoms with Gasteiger partial charge in [0.1, 0.15) is 31.0 Å². The fourth-order valence-electron chi connectivity index (χ4n) is 5.63.